The Kier molecular flexibility index (Phi) is 3.84. The molecule has 1 aliphatic rings. The third-order valence-electron chi connectivity index (χ3n) is 3.48. The number of aliphatic carboxylic acids is 1. The highest BCUT2D eigenvalue weighted by atomic mass is 16.6. The number of carboxylic acids is 1. The van der Waals surface area contributed by atoms with Crippen molar-refractivity contribution < 1.29 is 14.8 Å². The Hall–Kier alpha value is -2.62. The van der Waals surface area contributed by atoms with E-state index >= 15 is 0 Å². The van der Waals surface area contributed by atoms with Gasteiger partial charge in [0.1, 0.15) is 17.3 Å². The quantitative estimate of drug-likeness (QED) is 0.642. The minimum absolute atomic E-state index is 0.00668. The summed E-state index contributed by atoms with van der Waals surface area (Å²) in [4.78, 5) is 21.4. The van der Waals surface area contributed by atoms with Crippen molar-refractivity contribution in [3.05, 3.63) is 33.9 Å². The van der Waals surface area contributed by atoms with Crippen LogP contribution in [0.2, 0.25) is 0 Å². The Labute approximate surface area is 115 Å². The van der Waals surface area contributed by atoms with Gasteiger partial charge in [-0.25, -0.2) is 0 Å². The fourth-order valence-corrected chi connectivity index (χ4v) is 2.50. The summed E-state index contributed by atoms with van der Waals surface area (Å²) in [5, 5.41) is 31.9. The Morgan fingerprint density at radius 2 is 2.25 bits per heavy atom. The molecule has 0 unspecified atom stereocenters. The van der Waals surface area contributed by atoms with Crippen LogP contribution in [0.3, 0.4) is 0 Å². The summed E-state index contributed by atoms with van der Waals surface area (Å²) in [5.74, 6) is -1.25. The van der Waals surface area contributed by atoms with Gasteiger partial charge in [-0.2, -0.15) is 5.26 Å². The number of hydrogen-bond donors (Lipinski definition) is 2. The van der Waals surface area contributed by atoms with E-state index in [0.29, 0.717) is 19.3 Å². The molecule has 1 aromatic rings. The van der Waals surface area contributed by atoms with Gasteiger partial charge in [0.15, 0.2) is 0 Å². The maximum atomic E-state index is 11.1. The zero-order valence-electron chi connectivity index (χ0n) is 10.6. The molecule has 1 saturated carbocycles. The van der Waals surface area contributed by atoms with Crippen molar-refractivity contribution in [1.82, 2.24) is 0 Å². The first-order valence-corrected chi connectivity index (χ1v) is 6.19. The number of carbonyl (C=O) groups is 1. The summed E-state index contributed by atoms with van der Waals surface area (Å²) in [5.41, 5.74) is 0.00615. The van der Waals surface area contributed by atoms with Gasteiger partial charge in [-0.3, -0.25) is 14.9 Å². The normalized spacial score (nSPS) is 21.1. The van der Waals surface area contributed by atoms with E-state index in [1.54, 1.807) is 12.1 Å². The molecule has 7 nitrogen and oxygen atoms in total. The summed E-state index contributed by atoms with van der Waals surface area (Å²) < 4.78 is 0. The maximum absolute atomic E-state index is 11.1. The van der Waals surface area contributed by atoms with E-state index in [2.05, 4.69) is 5.32 Å². The lowest BCUT2D eigenvalue weighted by Gasteiger charge is -2.14. The summed E-state index contributed by atoms with van der Waals surface area (Å²) in [7, 11) is 0. The summed E-state index contributed by atoms with van der Waals surface area (Å²) in [6.07, 6.45) is 1.63. The van der Waals surface area contributed by atoms with Crippen LogP contribution in [0.25, 0.3) is 0 Å². The highest BCUT2D eigenvalue weighted by Gasteiger charge is 2.31. The first kappa shape index (κ1) is 13.8. The number of nitriles is 1. The first-order valence-electron chi connectivity index (χ1n) is 6.19. The van der Waals surface area contributed by atoms with E-state index in [-0.39, 0.29) is 23.0 Å². The standard InChI is InChI=1S/C13H13N3O4/c14-7-9-2-1-3-11(12(9)16(19)20)15-10-5-4-8(6-10)13(17)18/h1-3,8,10,15H,4-6H2,(H,17,18)/t8-,10+/m1/s1. The first-order chi connectivity index (χ1) is 9.52. The smallest absolute Gasteiger partial charge is 0.309 e. The third-order valence-corrected chi connectivity index (χ3v) is 3.48. The van der Waals surface area contributed by atoms with E-state index in [0.717, 1.165) is 0 Å². The molecule has 1 aromatic carbocycles. The van der Waals surface area contributed by atoms with Crippen LogP contribution in [0.5, 0.6) is 0 Å². The fraction of sp³-hybridized carbons (Fsp3) is 0.385. The molecule has 2 atom stereocenters. The Balaban J connectivity index is 2.21. The number of anilines is 1. The van der Waals surface area contributed by atoms with Crippen molar-refractivity contribution in [3.8, 4) is 6.07 Å². The Bertz CT molecular complexity index is 594. The number of nitro groups is 1. The average Bonchev–Trinajstić information content (AvgIpc) is 2.86. The zero-order valence-corrected chi connectivity index (χ0v) is 10.6. The monoisotopic (exact) mass is 275 g/mol. The molecule has 0 aromatic heterocycles. The molecule has 104 valence electrons. The molecule has 0 bridgehead atoms. The fourth-order valence-electron chi connectivity index (χ4n) is 2.50. The molecule has 7 heteroatoms. The molecular formula is C13H13N3O4. The minimum atomic E-state index is -0.838. The molecule has 2 rings (SSSR count). The number of hydrogen-bond acceptors (Lipinski definition) is 5. The van der Waals surface area contributed by atoms with Crippen LogP contribution < -0.4 is 5.32 Å². The van der Waals surface area contributed by atoms with Crippen LogP contribution in [0.4, 0.5) is 11.4 Å². The summed E-state index contributed by atoms with van der Waals surface area (Å²) >= 11 is 0. The summed E-state index contributed by atoms with van der Waals surface area (Å²) in [6.45, 7) is 0. The zero-order chi connectivity index (χ0) is 14.7. The Morgan fingerprint density at radius 3 is 2.80 bits per heavy atom. The number of benzene rings is 1. The van der Waals surface area contributed by atoms with Crippen LogP contribution in [0.15, 0.2) is 18.2 Å². The van der Waals surface area contributed by atoms with Crippen LogP contribution in [-0.2, 0) is 4.79 Å². The second kappa shape index (κ2) is 5.57. The minimum Gasteiger partial charge on any atom is -0.481 e. The molecule has 1 aliphatic carbocycles. The van der Waals surface area contributed by atoms with Crippen LogP contribution >= 0.6 is 0 Å². The molecule has 0 saturated heterocycles. The molecular weight excluding hydrogens is 262 g/mol. The van der Waals surface area contributed by atoms with E-state index in [1.807, 2.05) is 0 Å². The summed E-state index contributed by atoms with van der Waals surface area (Å²) in [6, 6.07) is 6.16. The van der Waals surface area contributed by atoms with Gasteiger partial charge in [0.2, 0.25) is 0 Å². The average molecular weight is 275 g/mol. The molecule has 0 radical (unpaired) electrons. The van der Waals surface area contributed by atoms with Gasteiger partial charge in [0.25, 0.3) is 0 Å². The van der Waals surface area contributed by atoms with Crippen molar-refractivity contribution in [2.24, 2.45) is 5.92 Å². The van der Waals surface area contributed by atoms with Crippen LogP contribution in [0, 0.1) is 27.4 Å². The largest absolute Gasteiger partial charge is 0.481 e. The number of nitrogens with one attached hydrogen (secondary N) is 1. The van der Waals surface area contributed by atoms with Gasteiger partial charge in [0.05, 0.1) is 10.8 Å². The number of nitro benzene ring substituents is 1. The lowest BCUT2D eigenvalue weighted by atomic mass is 10.1. The molecule has 2 N–H and O–H groups in total. The Morgan fingerprint density at radius 1 is 1.50 bits per heavy atom. The number of para-hydroxylation sites is 1. The van der Waals surface area contributed by atoms with Gasteiger partial charge in [0, 0.05) is 6.04 Å². The van der Waals surface area contributed by atoms with Gasteiger partial charge < -0.3 is 10.4 Å². The highest BCUT2D eigenvalue weighted by Crippen LogP contribution is 2.33. The highest BCUT2D eigenvalue weighted by molar-refractivity contribution is 5.71. The van der Waals surface area contributed by atoms with Gasteiger partial charge in [-0.05, 0) is 31.4 Å². The van der Waals surface area contributed by atoms with E-state index in [9.17, 15) is 14.9 Å². The van der Waals surface area contributed by atoms with E-state index in [1.165, 1.54) is 12.1 Å². The second-order valence-electron chi connectivity index (χ2n) is 4.76. The molecule has 0 heterocycles. The van der Waals surface area contributed by atoms with E-state index in [4.69, 9.17) is 10.4 Å². The molecule has 20 heavy (non-hydrogen) atoms. The predicted molar refractivity (Wildman–Crippen MR) is 70.2 cm³/mol. The number of nitrogens with zero attached hydrogens (tertiary/aromatic N) is 2. The molecule has 0 spiro atoms. The topological polar surface area (TPSA) is 116 Å². The van der Waals surface area contributed by atoms with Gasteiger partial charge >= 0.3 is 11.7 Å². The van der Waals surface area contributed by atoms with Crippen molar-refractivity contribution in [3.63, 3.8) is 0 Å². The van der Waals surface area contributed by atoms with E-state index < -0.39 is 16.8 Å². The van der Waals surface area contributed by atoms with Crippen molar-refractivity contribution >= 4 is 17.3 Å². The number of carboxylic acid groups (broad SMARTS) is 1. The predicted octanol–water partition coefficient (Wildman–Crippen LogP) is 2.13. The van der Waals surface area contributed by atoms with Crippen molar-refractivity contribution in [1.29, 1.82) is 5.26 Å². The lowest BCUT2D eigenvalue weighted by Crippen LogP contribution is -2.18. The SMILES string of the molecule is N#Cc1cccc(N[C@H]2CC[C@@H](C(=O)O)C2)c1[N+](=O)[O-]. The lowest BCUT2D eigenvalue weighted by molar-refractivity contribution is -0.384. The third kappa shape index (κ3) is 2.69. The van der Waals surface area contributed by atoms with Crippen LogP contribution in [-0.4, -0.2) is 22.0 Å². The molecule has 1 fully saturated rings. The van der Waals surface area contributed by atoms with Gasteiger partial charge in [-0.1, -0.05) is 6.07 Å². The molecule has 0 amide bonds. The van der Waals surface area contributed by atoms with Crippen molar-refractivity contribution in [2.45, 2.75) is 25.3 Å². The molecule has 0 aliphatic heterocycles. The number of rotatable bonds is 4. The van der Waals surface area contributed by atoms with Crippen molar-refractivity contribution in [2.75, 3.05) is 5.32 Å². The maximum Gasteiger partial charge on any atom is 0.309 e. The van der Waals surface area contributed by atoms with Gasteiger partial charge in [-0.15, -0.1) is 0 Å². The van der Waals surface area contributed by atoms with Crippen LogP contribution in [0.1, 0.15) is 24.8 Å². The second-order valence-corrected chi connectivity index (χ2v) is 4.76.